The number of esters is 1. The van der Waals surface area contributed by atoms with Gasteiger partial charge in [0, 0.05) is 16.4 Å². The van der Waals surface area contributed by atoms with Crippen molar-refractivity contribution in [3.63, 3.8) is 0 Å². The van der Waals surface area contributed by atoms with E-state index in [0.29, 0.717) is 34.8 Å². The van der Waals surface area contributed by atoms with Gasteiger partial charge < -0.3 is 15.4 Å². The summed E-state index contributed by atoms with van der Waals surface area (Å²) in [6.07, 6.45) is 0.953. The first-order valence-electron chi connectivity index (χ1n) is 8.44. The van der Waals surface area contributed by atoms with Crippen molar-refractivity contribution in [1.29, 1.82) is 0 Å². The molecule has 6 nitrogen and oxygen atoms in total. The van der Waals surface area contributed by atoms with Crippen LogP contribution in [0, 0.1) is 12.3 Å². The number of benzene rings is 2. The van der Waals surface area contributed by atoms with Crippen molar-refractivity contribution in [2.75, 3.05) is 17.7 Å². The van der Waals surface area contributed by atoms with Gasteiger partial charge in [0.1, 0.15) is 5.41 Å². The van der Waals surface area contributed by atoms with Crippen LogP contribution in [0.4, 0.5) is 11.4 Å². The van der Waals surface area contributed by atoms with Crippen LogP contribution in [0.25, 0.3) is 0 Å². The third-order valence-electron chi connectivity index (χ3n) is 4.70. The SMILES string of the molecule is COC(=O)c1ccc(NC(=O)C2(C(=O)Nc3cccc(Cl)c3C)CC2)cc1. The van der Waals surface area contributed by atoms with Crippen molar-refractivity contribution in [2.45, 2.75) is 19.8 Å². The Morgan fingerprint density at radius 1 is 1.00 bits per heavy atom. The van der Waals surface area contributed by atoms with Crippen LogP contribution in [0.2, 0.25) is 5.02 Å². The third-order valence-corrected chi connectivity index (χ3v) is 5.11. The zero-order valence-corrected chi connectivity index (χ0v) is 15.7. The number of methoxy groups -OCH3 is 1. The Morgan fingerprint density at radius 3 is 2.22 bits per heavy atom. The van der Waals surface area contributed by atoms with Crippen molar-refractivity contribution in [3.05, 3.63) is 58.6 Å². The highest BCUT2D eigenvalue weighted by molar-refractivity contribution is 6.31. The topological polar surface area (TPSA) is 84.5 Å². The summed E-state index contributed by atoms with van der Waals surface area (Å²) in [6, 6.07) is 11.5. The van der Waals surface area contributed by atoms with Gasteiger partial charge in [0.2, 0.25) is 11.8 Å². The van der Waals surface area contributed by atoms with Gasteiger partial charge in [-0.15, -0.1) is 0 Å². The standard InChI is InChI=1S/C20H19ClN2O4/c1-12-15(21)4-3-5-16(12)23-19(26)20(10-11-20)18(25)22-14-8-6-13(7-9-14)17(24)27-2/h3-9H,10-11H2,1-2H3,(H,22,25)(H,23,26). The molecule has 1 fully saturated rings. The highest BCUT2D eigenvalue weighted by atomic mass is 35.5. The molecule has 1 aliphatic carbocycles. The number of anilines is 2. The first kappa shape index (κ1) is 18.9. The van der Waals surface area contributed by atoms with Crippen molar-refractivity contribution in [3.8, 4) is 0 Å². The Bertz CT molecular complexity index is 905. The van der Waals surface area contributed by atoms with Crippen molar-refractivity contribution in [2.24, 2.45) is 5.41 Å². The molecule has 0 radical (unpaired) electrons. The summed E-state index contributed by atoms with van der Waals surface area (Å²) in [7, 11) is 1.30. The molecule has 0 bridgehead atoms. The minimum atomic E-state index is -1.09. The molecule has 2 aromatic carbocycles. The maximum absolute atomic E-state index is 12.7. The van der Waals surface area contributed by atoms with E-state index in [9.17, 15) is 14.4 Å². The molecule has 0 atom stereocenters. The lowest BCUT2D eigenvalue weighted by Crippen LogP contribution is -2.35. The zero-order chi connectivity index (χ0) is 19.6. The number of nitrogens with one attached hydrogen (secondary N) is 2. The van der Waals surface area contributed by atoms with E-state index in [2.05, 4.69) is 15.4 Å². The summed E-state index contributed by atoms with van der Waals surface area (Å²) in [6.45, 7) is 1.81. The highest BCUT2D eigenvalue weighted by Crippen LogP contribution is 2.47. The van der Waals surface area contributed by atoms with E-state index in [4.69, 9.17) is 11.6 Å². The lowest BCUT2D eigenvalue weighted by atomic mass is 10.0. The van der Waals surface area contributed by atoms with Crippen LogP contribution in [-0.2, 0) is 14.3 Å². The Labute approximate surface area is 161 Å². The molecule has 2 amide bonds. The van der Waals surface area contributed by atoms with E-state index in [1.54, 1.807) is 49.4 Å². The molecule has 2 N–H and O–H groups in total. The van der Waals surface area contributed by atoms with E-state index in [0.717, 1.165) is 5.56 Å². The summed E-state index contributed by atoms with van der Waals surface area (Å²) in [4.78, 5) is 36.8. The van der Waals surface area contributed by atoms with Gasteiger partial charge in [0.15, 0.2) is 0 Å². The van der Waals surface area contributed by atoms with Gasteiger partial charge in [-0.05, 0) is 61.7 Å². The smallest absolute Gasteiger partial charge is 0.337 e. The Balaban J connectivity index is 1.69. The summed E-state index contributed by atoms with van der Waals surface area (Å²) < 4.78 is 4.64. The molecule has 0 spiro atoms. The second-order valence-corrected chi connectivity index (χ2v) is 6.88. The van der Waals surface area contributed by atoms with E-state index in [1.165, 1.54) is 7.11 Å². The predicted molar refractivity (Wildman–Crippen MR) is 103 cm³/mol. The maximum atomic E-state index is 12.7. The zero-order valence-electron chi connectivity index (χ0n) is 15.0. The largest absolute Gasteiger partial charge is 0.465 e. The molecule has 0 heterocycles. The molecule has 0 aliphatic heterocycles. The summed E-state index contributed by atoms with van der Waals surface area (Å²) in [5.41, 5.74) is 1.14. The molecule has 27 heavy (non-hydrogen) atoms. The fourth-order valence-electron chi connectivity index (χ4n) is 2.73. The molecule has 0 aromatic heterocycles. The quantitative estimate of drug-likeness (QED) is 0.604. The molecule has 0 unspecified atom stereocenters. The van der Waals surface area contributed by atoms with Crippen LogP contribution in [-0.4, -0.2) is 24.9 Å². The van der Waals surface area contributed by atoms with Crippen LogP contribution in [0.3, 0.4) is 0 Å². The molecule has 2 aromatic rings. The molecule has 1 aliphatic rings. The summed E-state index contributed by atoms with van der Waals surface area (Å²) in [5.74, 6) is -1.18. The average Bonchev–Trinajstić information content (AvgIpc) is 3.47. The number of halogens is 1. The van der Waals surface area contributed by atoms with Crippen LogP contribution in [0.5, 0.6) is 0 Å². The van der Waals surface area contributed by atoms with Crippen LogP contribution in [0.15, 0.2) is 42.5 Å². The van der Waals surface area contributed by atoms with Gasteiger partial charge in [0.05, 0.1) is 12.7 Å². The second kappa shape index (κ2) is 7.40. The Morgan fingerprint density at radius 2 is 1.63 bits per heavy atom. The van der Waals surface area contributed by atoms with Gasteiger partial charge in [-0.25, -0.2) is 4.79 Å². The number of carbonyl (C=O) groups is 3. The highest BCUT2D eigenvalue weighted by Gasteiger charge is 2.56. The Kier molecular flexibility index (Phi) is 5.19. The second-order valence-electron chi connectivity index (χ2n) is 6.47. The van der Waals surface area contributed by atoms with Gasteiger partial charge in [-0.1, -0.05) is 17.7 Å². The van der Waals surface area contributed by atoms with Gasteiger partial charge in [-0.3, -0.25) is 9.59 Å². The predicted octanol–water partition coefficient (Wildman–Crippen LogP) is 3.79. The van der Waals surface area contributed by atoms with E-state index in [1.807, 2.05) is 0 Å². The van der Waals surface area contributed by atoms with Gasteiger partial charge >= 0.3 is 5.97 Å². The van der Waals surface area contributed by atoms with E-state index in [-0.39, 0.29) is 11.8 Å². The number of rotatable bonds is 5. The Hall–Kier alpha value is -2.86. The normalized spacial score (nSPS) is 14.2. The van der Waals surface area contributed by atoms with Crippen molar-refractivity contribution >= 4 is 40.8 Å². The van der Waals surface area contributed by atoms with Crippen molar-refractivity contribution in [1.82, 2.24) is 0 Å². The summed E-state index contributed by atoms with van der Waals surface area (Å²) >= 11 is 6.08. The molecular formula is C20H19ClN2O4. The lowest BCUT2D eigenvalue weighted by molar-refractivity contribution is -0.131. The number of carbonyl (C=O) groups excluding carboxylic acids is 3. The fraction of sp³-hybridized carbons (Fsp3) is 0.250. The summed E-state index contributed by atoms with van der Waals surface area (Å²) in [5, 5.41) is 6.10. The molecule has 140 valence electrons. The first-order chi connectivity index (χ1) is 12.9. The third kappa shape index (κ3) is 3.80. The number of amides is 2. The van der Waals surface area contributed by atoms with E-state index < -0.39 is 11.4 Å². The number of hydrogen-bond donors (Lipinski definition) is 2. The average molecular weight is 387 g/mol. The number of hydrogen-bond acceptors (Lipinski definition) is 4. The van der Waals surface area contributed by atoms with Crippen LogP contribution < -0.4 is 10.6 Å². The first-order valence-corrected chi connectivity index (χ1v) is 8.81. The van der Waals surface area contributed by atoms with Gasteiger partial charge in [-0.2, -0.15) is 0 Å². The number of ether oxygens (including phenoxy) is 1. The van der Waals surface area contributed by atoms with E-state index >= 15 is 0 Å². The minimum absolute atomic E-state index is 0.350. The monoisotopic (exact) mass is 386 g/mol. The molecule has 0 saturated heterocycles. The van der Waals surface area contributed by atoms with Crippen LogP contribution >= 0.6 is 11.6 Å². The lowest BCUT2D eigenvalue weighted by Gasteiger charge is -2.17. The fourth-order valence-corrected chi connectivity index (χ4v) is 2.90. The maximum Gasteiger partial charge on any atom is 0.337 e. The minimum Gasteiger partial charge on any atom is -0.465 e. The molecule has 1 saturated carbocycles. The molecule has 3 rings (SSSR count). The van der Waals surface area contributed by atoms with Crippen molar-refractivity contribution < 1.29 is 19.1 Å². The van der Waals surface area contributed by atoms with Crippen LogP contribution in [0.1, 0.15) is 28.8 Å². The molecular weight excluding hydrogens is 368 g/mol. The molecule has 7 heteroatoms. The van der Waals surface area contributed by atoms with Gasteiger partial charge in [0.25, 0.3) is 0 Å².